The Hall–Kier alpha value is -1.42. The van der Waals surface area contributed by atoms with Gasteiger partial charge in [0.2, 0.25) is 0 Å². The molecule has 0 radical (unpaired) electrons. The summed E-state index contributed by atoms with van der Waals surface area (Å²) in [7, 11) is 0. The van der Waals surface area contributed by atoms with E-state index in [4.69, 9.17) is 27.2 Å². The molecular formula is C10H10ClNO3. The molecule has 0 aliphatic carbocycles. The smallest absolute Gasteiger partial charge is 0.339 e. The van der Waals surface area contributed by atoms with Gasteiger partial charge in [0, 0.05) is 12.0 Å². The highest BCUT2D eigenvalue weighted by molar-refractivity contribution is 6.33. The Kier molecular flexibility index (Phi) is 2.23. The predicted molar refractivity (Wildman–Crippen MR) is 56.6 cm³/mol. The number of halogens is 1. The number of nitrogen functional groups attached to an aromatic ring is 1. The summed E-state index contributed by atoms with van der Waals surface area (Å²) in [5.41, 5.74) is 6.96. The van der Waals surface area contributed by atoms with Crippen LogP contribution in [0.25, 0.3) is 0 Å². The number of ether oxygens (including phenoxy) is 1. The first-order valence-electron chi connectivity index (χ1n) is 4.51. The minimum atomic E-state index is -1.05. The van der Waals surface area contributed by atoms with Gasteiger partial charge in [0.25, 0.3) is 0 Å². The van der Waals surface area contributed by atoms with E-state index in [1.54, 1.807) is 0 Å². The van der Waals surface area contributed by atoms with Gasteiger partial charge in [-0.2, -0.15) is 0 Å². The minimum absolute atomic E-state index is 0.0566. The Morgan fingerprint density at radius 3 is 3.00 bits per heavy atom. The molecule has 1 aromatic carbocycles. The maximum absolute atomic E-state index is 11.0. The summed E-state index contributed by atoms with van der Waals surface area (Å²) in [6.07, 6.45) is 0.543. The highest BCUT2D eigenvalue weighted by Crippen LogP contribution is 2.40. The number of aromatic carboxylic acids is 1. The Labute approximate surface area is 91.6 Å². The molecule has 0 fully saturated rings. The molecule has 0 spiro atoms. The second-order valence-corrected chi connectivity index (χ2v) is 3.97. The van der Waals surface area contributed by atoms with Crippen LogP contribution >= 0.6 is 11.6 Å². The molecular weight excluding hydrogens is 218 g/mol. The number of carbonyl (C=O) groups is 1. The minimum Gasteiger partial charge on any atom is -0.489 e. The van der Waals surface area contributed by atoms with Crippen molar-refractivity contribution in [2.45, 2.75) is 19.4 Å². The molecule has 0 saturated carbocycles. The molecule has 5 heteroatoms. The van der Waals surface area contributed by atoms with Gasteiger partial charge in [-0.3, -0.25) is 0 Å². The van der Waals surface area contributed by atoms with E-state index in [-0.39, 0.29) is 16.7 Å². The summed E-state index contributed by atoms with van der Waals surface area (Å²) >= 11 is 5.85. The number of benzene rings is 1. The fourth-order valence-corrected chi connectivity index (χ4v) is 1.95. The molecule has 15 heavy (non-hydrogen) atoms. The Balaban J connectivity index is 2.66. The molecule has 80 valence electrons. The van der Waals surface area contributed by atoms with Crippen molar-refractivity contribution in [2.24, 2.45) is 0 Å². The zero-order valence-corrected chi connectivity index (χ0v) is 8.84. The van der Waals surface area contributed by atoms with Gasteiger partial charge in [-0.15, -0.1) is 0 Å². The first-order chi connectivity index (χ1) is 7.00. The van der Waals surface area contributed by atoms with E-state index in [9.17, 15) is 4.79 Å². The van der Waals surface area contributed by atoms with E-state index in [1.165, 1.54) is 6.07 Å². The third-order valence-electron chi connectivity index (χ3n) is 2.41. The average molecular weight is 228 g/mol. The summed E-state index contributed by atoms with van der Waals surface area (Å²) in [6, 6.07) is 1.33. The molecule has 1 aliphatic heterocycles. The lowest BCUT2D eigenvalue weighted by Crippen LogP contribution is -2.07. The van der Waals surface area contributed by atoms with Crippen molar-refractivity contribution in [3.8, 4) is 5.75 Å². The molecule has 3 N–H and O–H groups in total. The molecule has 4 nitrogen and oxygen atoms in total. The van der Waals surface area contributed by atoms with Crippen molar-refractivity contribution >= 4 is 23.3 Å². The molecule has 0 aromatic heterocycles. The van der Waals surface area contributed by atoms with Crippen molar-refractivity contribution in [1.29, 1.82) is 0 Å². The van der Waals surface area contributed by atoms with Crippen molar-refractivity contribution in [3.63, 3.8) is 0 Å². The number of hydrogen-bond donors (Lipinski definition) is 2. The topological polar surface area (TPSA) is 72.6 Å². The molecule has 0 amide bonds. The second kappa shape index (κ2) is 3.31. The molecule has 1 heterocycles. The van der Waals surface area contributed by atoms with Crippen LogP contribution in [0.1, 0.15) is 22.8 Å². The number of carboxylic acids is 1. The van der Waals surface area contributed by atoms with E-state index in [0.717, 1.165) is 0 Å². The largest absolute Gasteiger partial charge is 0.489 e. The molecule has 0 bridgehead atoms. The highest BCUT2D eigenvalue weighted by atomic mass is 35.5. The summed E-state index contributed by atoms with van der Waals surface area (Å²) in [5, 5.41) is 9.24. The van der Waals surface area contributed by atoms with E-state index in [1.807, 2.05) is 6.92 Å². The summed E-state index contributed by atoms with van der Waals surface area (Å²) < 4.78 is 5.42. The SMILES string of the molecule is C[C@@H]1Cc2c(N)c(Cl)cc(C(=O)O)c2O1. The van der Waals surface area contributed by atoms with Crippen molar-refractivity contribution in [2.75, 3.05) is 5.73 Å². The van der Waals surface area contributed by atoms with Gasteiger partial charge in [-0.05, 0) is 13.0 Å². The zero-order chi connectivity index (χ0) is 11.2. The monoisotopic (exact) mass is 227 g/mol. The summed E-state index contributed by atoms with van der Waals surface area (Å²) in [4.78, 5) is 11.0. The van der Waals surface area contributed by atoms with Crippen LogP contribution in [0.4, 0.5) is 5.69 Å². The predicted octanol–water partition coefficient (Wildman–Crippen LogP) is 1.94. The van der Waals surface area contributed by atoms with Crippen molar-refractivity contribution < 1.29 is 14.6 Å². The first kappa shape index (κ1) is 10.1. The Bertz CT molecular complexity index is 445. The maximum Gasteiger partial charge on any atom is 0.339 e. The molecule has 1 aliphatic rings. The number of nitrogens with two attached hydrogens (primary N) is 1. The molecule has 1 aromatic rings. The third-order valence-corrected chi connectivity index (χ3v) is 2.73. The van der Waals surface area contributed by atoms with Crippen LogP contribution in [-0.4, -0.2) is 17.2 Å². The lowest BCUT2D eigenvalue weighted by atomic mass is 10.0. The molecule has 0 unspecified atom stereocenters. The van der Waals surface area contributed by atoms with Crippen molar-refractivity contribution in [1.82, 2.24) is 0 Å². The number of carboxylic acid groups (broad SMARTS) is 1. The third kappa shape index (κ3) is 1.51. The van der Waals surface area contributed by atoms with Crippen LogP contribution < -0.4 is 10.5 Å². The van der Waals surface area contributed by atoms with Crippen LogP contribution in [-0.2, 0) is 6.42 Å². The second-order valence-electron chi connectivity index (χ2n) is 3.57. The average Bonchev–Trinajstić information content (AvgIpc) is 2.53. The molecule has 2 rings (SSSR count). The zero-order valence-electron chi connectivity index (χ0n) is 8.08. The van der Waals surface area contributed by atoms with Crippen LogP contribution in [0.3, 0.4) is 0 Å². The molecule has 1 atom stereocenters. The van der Waals surface area contributed by atoms with Crippen LogP contribution in [0.5, 0.6) is 5.75 Å². The number of fused-ring (bicyclic) bond motifs is 1. The highest BCUT2D eigenvalue weighted by Gasteiger charge is 2.28. The van der Waals surface area contributed by atoms with Gasteiger partial charge < -0.3 is 15.6 Å². The van der Waals surface area contributed by atoms with Crippen LogP contribution in [0, 0.1) is 0 Å². The lowest BCUT2D eigenvalue weighted by molar-refractivity contribution is 0.0692. The van der Waals surface area contributed by atoms with Gasteiger partial charge in [0.15, 0.2) is 0 Å². The van der Waals surface area contributed by atoms with E-state index >= 15 is 0 Å². The van der Waals surface area contributed by atoms with E-state index < -0.39 is 5.97 Å². The summed E-state index contributed by atoms with van der Waals surface area (Å²) in [5.74, 6) is -0.695. The standard InChI is InChI=1S/C10H10ClNO3/c1-4-2-5-8(12)7(11)3-6(10(13)14)9(5)15-4/h3-4H,2,12H2,1H3,(H,13,14)/t4-/m1/s1. The van der Waals surface area contributed by atoms with Gasteiger partial charge in [-0.1, -0.05) is 11.6 Å². The Morgan fingerprint density at radius 1 is 1.73 bits per heavy atom. The van der Waals surface area contributed by atoms with Gasteiger partial charge in [0.05, 0.1) is 10.7 Å². The lowest BCUT2D eigenvalue weighted by Gasteiger charge is -2.08. The van der Waals surface area contributed by atoms with E-state index in [2.05, 4.69) is 0 Å². The fraction of sp³-hybridized carbons (Fsp3) is 0.300. The fourth-order valence-electron chi connectivity index (χ4n) is 1.73. The van der Waals surface area contributed by atoms with Gasteiger partial charge >= 0.3 is 5.97 Å². The van der Waals surface area contributed by atoms with Gasteiger partial charge in [0.1, 0.15) is 17.4 Å². The number of rotatable bonds is 1. The van der Waals surface area contributed by atoms with Gasteiger partial charge in [-0.25, -0.2) is 4.79 Å². The Morgan fingerprint density at radius 2 is 2.40 bits per heavy atom. The van der Waals surface area contributed by atoms with Crippen molar-refractivity contribution in [3.05, 3.63) is 22.2 Å². The molecule has 0 saturated heterocycles. The maximum atomic E-state index is 11.0. The van der Waals surface area contributed by atoms with E-state index in [0.29, 0.717) is 23.4 Å². The van der Waals surface area contributed by atoms with Crippen LogP contribution in [0.15, 0.2) is 6.07 Å². The normalized spacial score (nSPS) is 18.4. The quantitative estimate of drug-likeness (QED) is 0.720. The number of anilines is 1. The summed E-state index contributed by atoms with van der Waals surface area (Å²) in [6.45, 7) is 1.86. The first-order valence-corrected chi connectivity index (χ1v) is 4.89. The number of hydrogen-bond acceptors (Lipinski definition) is 3. The van der Waals surface area contributed by atoms with Crippen LogP contribution in [0.2, 0.25) is 5.02 Å².